The number of carbonyl (C=O) groups is 1. The Morgan fingerprint density at radius 1 is 1.22 bits per heavy atom. The van der Waals surface area contributed by atoms with Crippen molar-refractivity contribution in [1.82, 2.24) is 14.8 Å². The molecule has 1 aliphatic carbocycles. The fourth-order valence-corrected chi connectivity index (χ4v) is 5.07. The molecule has 2 atom stereocenters. The first kappa shape index (κ1) is 21.2. The maximum absolute atomic E-state index is 13.7. The third-order valence-corrected chi connectivity index (χ3v) is 6.73. The molecule has 166 valence electrons. The molecular weight excluding hydrogens is 426 g/mol. The molecule has 1 fully saturated rings. The van der Waals surface area contributed by atoms with E-state index in [1.54, 1.807) is 12.3 Å². The normalized spacial score (nSPS) is 23.5. The summed E-state index contributed by atoms with van der Waals surface area (Å²) in [5.41, 5.74) is 6.18. The highest BCUT2D eigenvalue weighted by atomic mass is 35.5. The van der Waals surface area contributed by atoms with Gasteiger partial charge in [0.15, 0.2) is 0 Å². The minimum Gasteiger partial charge on any atom is -0.389 e. The molecule has 0 radical (unpaired) electrons. The lowest BCUT2D eigenvalue weighted by Crippen LogP contribution is -2.56. The molecular formula is C25H26ClN3O3. The van der Waals surface area contributed by atoms with E-state index in [0.717, 1.165) is 33.5 Å². The van der Waals surface area contributed by atoms with Crippen molar-refractivity contribution in [2.45, 2.75) is 31.4 Å². The molecule has 0 saturated carbocycles. The van der Waals surface area contributed by atoms with Gasteiger partial charge in [0.25, 0.3) is 5.91 Å². The third-order valence-electron chi connectivity index (χ3n) is 6.51. The molecule has 6 nitrogen and oxygen atoms in total. The van der Waals surface area contributed by atoms with Crippen molar-refractivity contribution < 1.29 is 14.6 Å². The lowest BCUT2D eigenvalue weighted by atomic mass is 9.93. The summed E-state index contributed by atoms with van der Waals surface area (Å²) in [4.78, 5) is 21.8. The highest BCUT2D eigenvalue weighted by Gasteiger charge is 2.39. The van der Waals surface area contributed by atoms with E-state index < -0.39 is 6.10 Å². The molecule has 2 aliphatic heterocycles. The van der Waals surface area contributed by atoms with Crippen LogP contribution in [0, 0.1) is 0 Å². The van der Waals surface area contributed by atoms with Gasteiger partial charge in [-0.3, -0.25) is 4.79 Å². The number of fused-ring (bicyclic) bond motifs is 2. The smallest absolute Gasteiger partial charge is 0.253 e. The third kappa shape index (κ3) is 3.83. The van der Waals surface area contributed by atoms with Gasteiger partial charge in [-0.05, 0) is 42.0 Å². The second kappa shape index (κ2) is 8.70. The van der Waals surface area contributed by atoms with Crippen molar-refractivity contribution in [2.75, 3.05) is 26.9 Å². The molecule has 32 heavy (non-hydrogen) atoms. The van der Waals surface area contributed by atoms with Gasteiger partial charge in [0.05, 0.1) is 31.1 Å². The first-order valence-corrected chi connectivity index (χ1v) is 11.3. The first-order valence-electron chi connectivity index (χ1n) is 10.9. The molecule has 1 saturated heterocycles. The van der Waals surface area contributed by atoms with E-state index >= 15 is 0 Å². The van der Waals surface area contributed by atoms with Gasteiger partial charge < -0.3 is 19.6 Å². The summed E-state index contributed by atoms with van der Waals surface area (Å²) in [5.74, 6) is 0.00418. The van der Waals surface area contributed by atoms with E-state index in [-0.39, 0.29) is 18.6 Å². The zero-order valence-corrected chi connectivity index (χ0v) is 18.8. The Balaban J connectivity index is 1.53. The number of hydrogen-bond donors (Lipinski definition) is 1. The average molecular weight is 452 g/mol. The van der Waals surface area contributed by atoms with Gasteiger partial charge >= 0.3 is 0 Å². The van der Waals surface area contributed by atoms with Crippen LogP contribution in [0.5, 0.6) is 0 Å². The molecule has 1 aromatic carbocycles. The van der Waals surface area contributed by atoms with Crippen LogP contribution < -0.4 is 0 Å². The van der Waals surface area contributed by atoms with Gasteiger partial charge in [0, 0.05) is 31.0 Å². The number of pyridine rings is 1. The fraction of sp³-hybridized carbons (Fsp3) is 0.360. The molecule has 1 aromatic heterocycles. The molecule has 0 bridgehead atoms. The molecule has 3 heterocycles. The van der Waals surface area contributed by atoms with Crippen molar-refractivity contribution in [2.24, 2.45) is 0 Å². The molecule has 3 aliphatic rings. The Labute approximate surface area is 192 Å². The number of aromatic nitrogens is 1. The Hall–Kier alpha value is -2.67. The Morgan fingerprint density at radius 3 is 2.78 bits per heavy atom. The second-order valence-corrected chi connectivity index (χ2v) is 8.97. The van der Waals surface area contributed by atoms with E-state index in [1.165, 1.54) is 0 Å². The maximum Gasteiger partial charge on any atom is 0.253 e. The predicted octanol–water partition coefficient (Wildman–Crippen LogP) is 3.36. The van der Waals surface area contributed by atoms with Crippen LogP contribution in [0.1, 0.15) is 29.5 Å². The molecule has 0 spiro atoms. The number of carbonyl (C=O) groups excluding carboxylic acids is 1. The van der Waals surface area contributed by atoms with Crippen LogP contribution in [-0.2, 0) is 16.0 Å². The van der Waals surface area contributed by atoms with Crippen molar-refractivity contribution >= 4 is 28.8 Å². The van der Waals surface area contributed by atoms with Crippen LogP contribution in [0.4, 0.5) is 0 Å². The second-order valence-electron chi connectivity index (χ2n) is 8.58. The van der Waals surface area contributed by atoms with E-state index in [4.69, 9.17) is 16.3 Å². The lowest BCUT2D eigenvalue weighted by Gasteiger charge is -2.44. The number of ether oxygens (including phenoxy) is 1. The molecule has 5 rings (SSSR count). The maximum atomic E-state index is 13.7. The summed E-state index contributed by atoms with van der Waals surface area (Å²) >= 11 is 5.96. The molecule has 7 heteroatoms. The number of aliphatic hydroxyl groups excluding tert-OH is 1. The highest BCUT2D eigenvalue weighted by molar-refractivity contribution is 6.29. The summed E-state index contributed by atoms with van der Waals surface area (Å²) in [6.07, 6.45) is 5.19. The zero-order valence-electron chi connectivity index (χ0n) is 18.0. The number of rotatable bonds is 3. The Kier molecular flexibility index (Phi) is 5.76. The topological polar surface area (TPSA) is 65.9 Å². The van der Waals surface area contributed by atoms with Crippen molar-refractivity contribution in [3.8, 4) is 0 Å². The Morgan fingerprint density at radius 2 is 2.03 bits per heavy atom. The predicted molar refractivity (Wildman–Crippen MR) is 124 cm³/mol. The molecule has 1 amide bonds. The summed E-state index contributed by atoms with van der Waals surface area (Å²) in [6, 6.07) is 11.8. The van der Waals surface area contributed by atoms with Crippen LogP contribution in [-0.4, -0.2) is 64.9 Å². The number of nitrogens with zero attached hydrogens (tertiary/aromatic N) is 3. The van der Waals surface area contributed by atoms with E-state index in [9.17, 15) is 9.90 Å². The van der Waals surface area contributed by atoms with Gasteiger partial charge in [0.2, 0.25) is 0 Å². The van der Waals surface area contributed by atoms with Crippen LogP contribution >= 0.6 is 11.6 Å². The molecule has 2 unspecified atom stereocenters. The van der Waals surface area contributed by atoms with Crippen LogP contribution in [0.25, 0.3) is 11.3 Å². The monoisotopic (exact) mass is 451 g/mol. The highest BCUT2D eigenvalue weighted by Crippen LogP contribution is 2.39. The van der Waals surface area contributed by atoms with Gasteiger partial charge in [-0.25, -0.2) is 4.98 Å². The standard InChI is InChI=1S/C25H26ClN3O3/c1-28-15-29(21-10-11-32-14-22(21)30)25(31)20-8-7-17(12-16-6-9-23(26)27-13-16)18-4-2-3-5-19(18)24(20)28/h2-7,9,13,21-22,30H,8,10-12,14-15H2,1H3. The SMILES string of the molecule is CN1CN(C2CCOCC2O)C(=O)C2=C1c1ccccc1C(Cc1ccc(Cl)nc1)=CC2. The first-order chi connectivity index (χ1) is 15.5. The van der Waals surface area contributed by atoms with Crippen LogP contribution in [0.3, 0.4) is 0 Å². The number of amides is 1. The van der Waals surface area contributed by atoms with Crippen LogP contribution in [0.2, 0.25) is 5.15 Å². The summed E-state index contributed by atoms with van der Waals surface area (Å²) in [7, 11) is 2.02. The largest absolute Gasteiger partial charge is 0.389 e. The van der Waals surface area contributed by atoms with E-state index in [0.29, 0.717) is 37.7 Å². The van der Waals surface area contributed by atoms with Crippen molar-refractivity contribution in [1.29, 1.82) is 0 Å². The van der Waals surface area contributed by atoms with E-state index in [2.05, 4.69) is 28.1 Å². The molecule has 1 N–H and O–H groups in total. The van der Waals surface area contributed by atoms with Gasteiger partial charge in [-0.15, -0.1) is 0 Å². The quantitative estimate of drug-likeness (QED) is 0.725. The number of hydrogen-bond acceptors (Lipinski definition) is 5. The fourth-order valence-electron chi connectivity index (χ4n) is 4.95. The average Bonchev–Trinajstić information content (AvgIpc) is 2.96. The Bertz CT molecular complexity index is 1100. The van der Waals surface area contributed by atoms with E-state index in [1.807, 2.05) is 30.1 Å². The summed E-state index contributed by atoms with van der Waals surface area (Å²) in [6.45, 7) is 1.28. The summed E-state index contributed by atoms with van der Waals surface area (Å²) in [5, 5.41) is 11.0. The summed E-state index contributed by atoms with van der Waals surface area (Å²) < 4.78 is 5.38. The van der Waals surface area contributed by atoms with Gasteiger partial charge in [-0.1, -0.05) is 48.0 Å². The van der Waals surface area contributed by atoms with Crippen molar-refractivity contribution in [3.05, 3.63) is 76.1 Å². The van der Waals surface area contributed by atoms with Crippen LogP contribution in [0.15, 0.2) is 54.2 Å². The van der Waals surface area contributed by atoms with Gasteiger partial charge in [0.1, 0.15) is 5.15 Å². The van der Waals surface area contributed by atoms with Gasteiger partial charge in [-0.2, -0.15) is 0 Å². The minimum atomic E-state index is -0.662. The molecule has 2 aromatic rings. The zero-order chi connectivity index (χ0) is 22.2. The lowest BCUT2D eigenvalue weighted by molar-refractivity contribution is -0.141. The number of allylic oxidation sites excluding steroid dienone is 2. The number of halogens is 1. The minimum absolute atomic E-state index is 0.00418. The number of aliphatic hydroxyl groups is 1. The number of benzene rings is 1. The van der Waals surface area contributed by atoms with Crippen molar-refractivity contribution in [3.63, 3.8) is 0 Å².